The maximum absolute atomic E-state index is 11.7. The minimum absolute atomic E-state index is 0.120. The third-order valence-corrected chi connectivity index (χ3v) is 4.21. The first-order valence-corrected chi connectivity index (χ1v) is 5.86. The highest BCUT2D eigenvalue weighted by molar-refractivity contribution is 5.82. The molecule has 0 spiro atoms. The Kier molecular flexibility index (Phi) is 2.01. The summed E-state index contributed by atoms with van der Waals surface area (Å²) in [6.07, 6.45) is 6.37. The van der Waals surface area contributed by atoms with E-state index in [4.69, 9.17) is 0 Å². The molecule has 4 unspecified atom stereocenters. The van der Waals surface area contributed by atoms with Crippen molar-refractivity contribution in [1.29, 1.82) is 0 Å². The van der Waals surface area contributed by atoms with E-state index < -0.39 is 0 Å². The van der Waals surface area contributed by atoms with Crippen LogP contribution in [0.1, 0.15) is 32.1 Å². The Morgan fingerprint density at radius 1 is 1.21 bits per heavy atom. The van der Waals surface area contributed by atoms with E-state index in [1.807, 2.05) is 0 Å². The van der Waals surface area contributed by atoms with Gasteiger partial charge in [-0.2, -0.15) is 0 Å². The van der Waals surface area contributed by atoms with E-state index in [1.54, 1.807) is 0 Å². The molecule has 2 saturated carbocycles. The highest BCUT2D eigenvalue weighted by Crippen LogP contribution is 2.44. The lowest BCUT2D eigenvalue weighted by Gasteiger charge is -2.30. The quantitative estimate of drug-likeness (QED) is 0.678. The lowest BCUT2D eigenvalue weighted by molar-refractivity contribution is -0.125. The highest BCUT2D eigenvalue weighted by Gasteiger charge is 2.41. The molecule has 1 heterocycles. The molecule has 1 amide bonds. The van der Waals surface area contributed by atoms with Crippen LogP contribution < -0.4 is 10.6 Å². The number of hydrogen-bond acceptors (Lipinski definition) is 2. The fraction of sp³-hybridized carbons (Fsp3) is 0.909. The smallest absolute Gasteiger partial charge is 0.237 e. The summed E-state index contributed by atoms with van der Waals surface area (Å²) in [5, 5.41) is 6.36. The van der Waals surface area contributed by atoms with Crippen molar-refractivity contribution in [3.63, 3.8) is 0 Å². The predicted molar refractivity (Wildman–Crippen MR) is 53.8 cm³/mol. The SMILES string of the molecule is O=C(NC1CC2CCC1C2)C1CCN1. The van der Waals surface area contributed by atoms with Gasteiger partial charge in [-0.15, -0.1) is 0 Å². The Labute approximate surface area is 84.6 Å². The third-order valence-electron chi connectivity index (χ3n) is 4.21. The van der Waals surface area contributed by atoms with E-state index in [0.29, 0.717) is 6.04 Å². The summed E-state index contributed by atoms with van der Waals surface area (Å²) in [7, 11) is 0. The molecule has 3 rings (SSSR count). The molecule has 1 aliphatic heterocycles. The molecule has 3 aliphatic rings. The maximum Gasteiger partial charge on any atom is 0.237 e. The number of hydrogen-bond donors (Lipinski definition) is 2. The summed E-state index contributed by atoms with van der Waals surface area (Å²) in [6, 6.07) is 0.623. The Morgan fingerprint density at radius 3 is 2.57 bits per heavy atom. The lowest BCUT2D eigenvalue weighted by Crippen LogP contribution is -2.55. The average Bonchev–Trinajstić information content (AvgIpc) is 2.60. The molecule has 0 aromatic carbocycles. The van der Waals surface area contributed by atoms with Crippen LogP contribution in [0.25, 0.3) is 0 Å². The average molecular weight is 194 g/mol. The Morgan fingerprint density at radius 2 is 2.07 bits per heavy atom. The van der Waals surface area contributed by atoms with Gasteiger partial charge in [0.2, 0.25) is 5.91 Å². The van der Waals surface area contributed by atoms with Crippen molar-refractivity contribution in [2.45, 2.75) is 44.2 Å². The van der Waals surface area contributed by atoms with Crippen LogP contribution in [0.5, 0.6) is 0 Å². The Bertz CT molecular complexity index is 250. The minimum Gasteiger partial charge on any atom is -0.352 e. The number of fused-ring (bicyclic) bond motifs is 2. The van der Waals surface area contributed by atoms with Gasteiger partial charge < -0.3 is 10.6 Å². The van der Waals surface area contributed by atoms with Crippen molar-refractivity contribution >= 4 is 5.91 Å². The van der Waals surface area contributed by atoms with E-state index in [9.17, 15) is 4.79 Å². The number of carbonyl (C=O) groups is 1. The summed E-state index contributed by atoms with van der Waals surface area (Å²) in [5.74, 6) is 1.96. The number of carbonyl (C=O) groups excluding carboxylic acids is 1. The first-order valence-electron chi connectivity index (χ1n) is 5.86. The molecule has 2 aliphatic carbocycles. The van der Waals surface area contributed by atoms with Gasteiger partial charge in [0.15, 0.2) is 0 Å². The molecule has 0 aromatic rings. The molecule has 78 valence electrons. The molecule has 0 radical (unpaired) electrons. The van der Waals surface area contributed by atoms with Gasteiger partial charge in [-0.3, -0.25) is 4.79 Å². The second kappa shape index (κ2) is 3.23. The summed E-state index contributed by atoms with van der Waals surface area (Å²) in [6.45, 7) is 1.01. The van der Waals surface area contributed by atoms with Crippen molar-refractivity contribution in [2.75, 3.05) is 6.54 Å². The van der Waals surface area contributed by atoms with Crippen LogP contribution in [0.2, 0.25) is 0 Å². The van der Waals surface area contributed by atoms with Crippen LogP contribution in [0, 0.1) is 11.8 Å². The number of nitrogens with one attached hydrogen (secondary N) is 2. The lowest BCUT2D eigenvalue weighted by atomic mass is 9.94. The van der Waals surface area contributed by atoms with Crippen molar-refractivity contribution in [2.24, 2.45) is 11.8 Å². The monoisotopic (exact) mass is 194 g/mol. The number of rotatable bonds is 2. The van der Waals surface area contributed by atoms with Gasteiger partial charge in [0.25, 0.3) is 0 Å². The van der Waals surface area contributed by atoms with Crippen molar-refractivity contribution in [1.82, 2.24) is 10.6 Å². The molecule has 1 saturated heterocycles. The first-order chi connectivity index (χ1) is 6.83. The van der Waals surface area contributed by atoms with Gasteiger partial charge >= 0.3 is 0 Å². The van der Waals surface area contributed by atoms with Crippen molar-refractivity contribution in [3.8, 4) is 0 Å². The molecule has 3 nitrogen and oxygen atoms in total. The largest absolute Gasteiger partial charge is 0.352 e. The zero-order chi connectivity index (χ0) is 9.54. The second-order valence-electron chi connectivity index (χ2n) is 5.09. The number of amides is 1. The molecule has 3 fully saturated rings. The van der Waals surface area contributed by atoms with E-state index in [0.717, 1.165) is 24.8 Å². The first kappa shape index (κ1) is 8.72. The maximum atomic E-state index is 11.7. The van der Waals surface area contributed by atoms with Gasteiger partial charge in [0.05, 0.1) is 6.04 Å². The van der Waals surface area contributed by atoms with E-state index in [1.165, 1.54) is 25.7 Å². The van der Waals surface area contributed by atoms with Crippen molar-refractivity contribution in [3.05, 3.63) is 0 Å². The van der Waals surface area contributed by atoms with Gasteiger partial charge in [-0.05, 0) is 44.1 Å². The standard InChI is InChI=1S/C11H18N2O/c14-11(9-3-4-12-9)13-10-6-7-1-2-8(10)5-7/h7-10,12H,1-6H2,(H,13,14). The zero-order valence-corrected chi connectivity index (χ0v) is 8.46. The topological polar surface area (TPSA) is 41.1 Å². The zero-order valence-electron chi connectivity index (χ0n) is 8.46. The molecule has 4 atom stereocenters. The summed E-state index contributed by atoms with van der Waals surface area (Å²) < 4.78 is 0. The molecule has 0 aromatic heterocycles. The Balaban J connectivity index is 1.54. The molecule has 3 heteroatoms. The Hall–Kier alpha value is -0.570. The molecular formula is C11H18N2O. The van der Waals surface area contributed by atoms with E-state index in [-0.39, 0.29) is 11.9 Å². The van der Waals surface area contributed by atoms with Crippen LogP contribution in [0.4, 0.5) is 0 Å². The molecule has 2 bridgehead atoms. The summed E-state index contributed by atoms with van der Waals surface area (Å²) >= 11 is 0. The van der Waals surface area contributed by atoms with Crippen LogP contribution in [0.15, 0.2) is 0 Å². The van der Waals surface area contributed by atoms with E-state index >= 15 is 0 Å². The molecule has 2 N–H and O–H groups in total. The predicted octanol–water partition coefficient (Wildman–Crippen LogP) is 0.653. The van der Waals surface area contributed by atoms with Crippen LogP contribution in [-0.2, 0) is 4.79 Å². The highest BCUT2D eigenvalue weighted by atomic mass is 16.2. The van der Waals surface area contributed by atoms with Crippen LogP contribution in [0.3, 0.4) is 0 Å². The minimum atomic E-state index is 0.120. The van der Waals surface area contributed by atoms with Gasteiger partial charge in [0.1, 0.15) is 0 Å². The molecule has 14 heavy (non-hydrogen) atoms. The van der Waals surface area contributed by atoms with E-state index in [2.05, 4.69) is 10.6 Å². The fourth-order valence-electron chi connectivity index (χ4n) is 3.22. The fourth-order valence-corrected chi connectivity index (χ4v) is 3.22. The summed E-state index contributed by atoms with van der Waals surface area (Å²) in [5.41, 5.74) is 0. The normalized spacial score (nSPS) is 44.9. The van der Waals surface area contributed by atoms with Gasteiger partial charge in [-0.25, -0.2) is 0 Å². The third kappa shape index (κ3) is 1.34. The second-order valence-corrected chi connectivity index (χ2v) is 5.09. The van der Waals surface area contributed by atoms with Gasteiger partial charge in [0, 0.05) is 6.04 Å². The molecular weight excluding hydrogens is 176 g/mol. The van der Waals surface area contributed by atoms with Crippen LogP contribution in [-0.4, -0.2) is 24.5 Å². The van der Waals surface area contributed by atoms with Crippen molar-refractivity contribution < 1.29 is 4.79 Å². The van der Waals surface area contributed by atoms with Gasteiger partial charge in [-0.1, -0.05) is 6.42 Å². The summed E-state index contributed by atoms with van der Waals surface area (Å²) in [4.78, 5) is 11.7. The van der Waals surface area contributed by atoms with Crippen LogP contribution >= 0.6 is 0 Å².